The van der Waals surface area contributed by atoms with Gasteiger partial charge < -0.3 is 15.2 Å². The Bertz CT molecular complexity index is 529. The Labute approximate surface area is 106 Å². The summed E-state index contributed by atoms with van der Waals surface area (Å²) < 4.78 is 13.5. The van der Waals surface area contributed by atoms with Crippen molar-refractivity contribution in [3.63, 3.8) is 0 Å². The van der Waals surface area contributed by atoms with Gasteiger partial charge in [0.05, 0.1) is 5.52 Å². The van der Waals surface area contributed by atoms with E-state index in [-0.39, 0.29) is 5.82 Å². The first-order valence-corrected chi connectivity index (χ1v) is 6.52. The number of piperazine rings is 1. The molecule has 1 saturated heterocycles. The fourth-order valence-electron chi connectivity index (χ4n) is 2.60. The van der Waals surface area contributed by atoms with Gasteiger partial charge >= 0.3 is 0 Å². The summed E-state index contributed by atoms with van der Waals surface area (Å²) in [5.74, 6) is -0.166. The van der Waals surface area contributed by atoms with E-state index < -0.39 is 0 Å². The van der Waals surface area contributed by atoms with Crippen LogP contribution in [0.4, 0.5) is 4.39 Å². The van der Waals surface area contributed by atoms with Crippen LogP contribution in [0.25, 0.3) is 10.9 Å². The normalized spacial score (nSPS) is 17.4. The summed E-state index contributed by atoms with van der Waals surface area (Å²) in [5.41, 5.74) is 1.84. The third-order valence-electron chi connectivity index (χ3n) is 3.66. The summed E-state index contributed by atoms with van der Waals surface area (Å²) in [6.45, 7) is 5.41. The molecule has 0 radical (unpaired) electrons. The number of rotatable bonds is 3. The van der Waals surface area contributed by atoms with Gasteiger partial charge in [0.1, 0.15) is 5.82 Å². The number of fused-ring (bicyclic) bond motifs is 1. The summed E-state index contributed by atoms with van der Waals surface area (Å²) in [4.78, 5) is 5.49. The molecule has 3 nitrogen and oxygen atoms in total. The average Bonchev–Trinajstić information content (AvgIpc) is 2.82. The molecule has 1 aliphatic rings. The fraction of sp³-hybridized carbons (Fsp3) is 0.429. The van der Waals surface area contributed by atoms with Crippen molar-refractivity contribution in [1.82, 2.24) is 15.2 Å². The summed E-state index contributed by atoms with van der Waals surface area (Å²) in [7, 11) is 0. The van der Waals surface area contributed by atoms with E-state index in [2.05, 4.69) is 15.2 Å². The molecule has 1 aromatic carbocycles. The van der Waals surface area contributed by atoms with E-state index in [9.17, 15) is 4.39 Å². The number of nitrogens with zero attached hydrogens (tertiary/aromatic N) is 1. The van der Waals surface area contributed by atoms with Crippen molar-refractivity contribution in [3.8, 4) is 0 Å². The van der Waals surface area contributed by atoms with E-state index in [0.717, 1.165) is 44.5 Å². The van der Waals surface area contributed by atoms with Crippen molar-refractivity contribution in [1.29, 1.82) is 0 Å². The fourth-order valence-corrected chi connectivity index (χ4v) is 2.60. The molecule has 0 saturated carbocycles. The molecule has 96 valence electrons. The van der Waals surface area contributed by atoms with E-state index in [1.165, 1.54) is 11.6 Å². The molecule has 1 aliphatic heterocycles. The van der Waals surface area contributed by atoms with Crippen molar-refractivity contribution in [2.45, 2.75) is 6.42 Å². The van der Waals surface area contributed by atoms with Crippen LogP contribution in [0, 0.1) is 5.82 Å². The summed E-state index contributed by atoms with van der Waals surface area (Å²) >= 11 is 0. The van der Waals surface area contributed by atoms with E-state index in [0.29, 0.717) is 5.52 Å². The van der Waals surface area contributed by atoms with Crippen LogP contribution in [0.5, 0.6) is 0 Å². The second-order valence-electron chi connectivity index (χ2n) is 4.82. The second-order valence-corrected chi connectivity index (χ2v) is 4.82. The van der Waals surface area contributed by atoms with Crippen LogP contribution in [-0.2, 0) is 6.42 Å². The topological polar surface area (TPSA) is 31.1 Å². The highest BCUT2D eigenvalue weighted by Crippen LogP contribution is 2.21. The highest BCUT2D eigenvalue weighted by atomic mass is 19.1. The molecule has 18 heavy (non-hydrogen) atoms. The minimum absolute atomic E-state index is 0.166. The van der Waals surface area contributed by atoms with Crippen LogP contribution in [0.15, 0.2) is 24.4 Å². The Balaban J connectivity index is 1.72. The Morgan fingerprint density at radius 2 is 2.06 bits per heavy atom. The van der Waals surface area contributed by atoms with Crippen molar-refractivity contribution in [3.05, 3.63) is 35.8 Å². The molecule has 0 amide bonds. The zero-order chi connectivity index (χ0) is 12.4. The Kier molecular flexibility index (Phi) is 3.30. The number of para-hydroxylation sites is 1. The number of halogens is 1. The highest BCUT2D eigenvalue weighted by Gasteiger charge is 2.11. The molecule has 4 heteroatoms. The molecular weight excluding hydrogens is 229 g/mol. The molecule has 3 rings (SSSR count). The second kappa shape index (κ2) is 5.08. The molecular formula is C14H18FN3. The monoisotopic (exact) mass is 247 g/mol. The van der Waals surface area contributed by atoms with Gasteiger partial charge in [-0.15, -0.1) is 0 Å². The van der Waals surface area contributed by atoms with Gasteiger partial charge in [0.2, 0.25) is 0 Å². The number of benzene rings is 1. The van der Waals surface area contributed by atoms with Crippen molar-refractivity contribution in [2.75, 3.05) is 32.7 Å². The van der Waals surface area contributed by atoms with Crippen molar-refractivity contribution >= 4 is 10.9 Å². The average molecular weight is 247 g/mol. The molecule has 0 aliphatic carbocycles. The van der Waals surface area contributed by atoms with Crippen LogP contribution in [0.3, 0.4) is 0 Å². The van der Waals surface area contributed by atoms with Gasteiger partial charge in [-0.2, -0.15) is 0 Å². The van der Waals surface area contributed by atoms with Crippen LogP contribution >= 0.6 is 0 Å². The minimum Gasteiger partial charge on any atom is -0.359 e. The zero-order valence-electron chi connectivity index (χ0n) is 10.4. The lowest BCUT2D eigenvalue weighted by Gasteiger charge is -2.26. The van der Waals surface area contributed by atoms with E-state index in [1.807, 2.05) is 12.3 Å². The number of hydrogen-bond acceptors (Lipinski definition) is 2. The lowest BCUT2D eigenvalue weighted by molar-refractivity contribution is 0.244. The van der Waals surface area contributed by atoms with Crippen molar-refractivity contribution in [2.24, 2.45) is 0 Å². The number of aromatic nitrogens is 1. The maximum Gasteiger partial charge on any atom is 0.147 e. The molecule has 2 aromatic rings. The van der Waals surface area contributed by atoms with Gasteiger partial charge in [-0.3, -0.25) is 0 Å². The third-order valence-corrected chi connectivity index (χ3v) is 3.66. The molecule has 0 bridgehead atoms. The SMILES string of the molecule is Fc1cccc2c(CCN3CCNCC3)c[nH]c12. The minimum atomic E-state index is -0.166. The lowest BCUT2D eigenvalue weighted by atomic mass is 10.1. The molecule has 2 heterocycles. The molecule has 0 atom stereocenters. The predicted molar refractivity (Wildman–Crippen MR) is 71.3 cm³/mol. The summed E-state index contributed by atoms with van der Waals surface area (Å²) in [6.07, 6.45) is 2.92. The van der Waals surface area contributed by atoms with Gasteiger partial charge in [0.15, 0.2) is 0 Å². The third kappa shape index (κ3) is 2.26. The zero-order valence-corrected chi connectivity index (χ0v) is 10.4. The van der Waals surface area contributed by atoms with Crippen LogP contribution in [0.1, 0.15) is 5.56 Å². The highest BCUT2D eigenvalue weighted by molar-refractivity contribution is 5.83. The number of nitrogens with one attached hydrogen (secondary N) is 2. The van der Waals surface area contributed by atoms with Gasteiger partial charge in [0, 0.05) is 44.3 Å². The smallest absolute Gasteiger partial charge is 0.147 e. The maximum absolute atomic E-state index is 13.5. The largest absolute Gasteiger partial charge is 0.359 e. The van der Waals surface area contributed by atoms with E-state index in [4.69, 9.17) is 0 Å². The first-order chi connectivity index (χ1) is 8.84. The van der Waals surface area contributed by atoms with Gasteiger partial charge in [-0.1, -0.05) is 12.1 Å². The number of H-pyrrole nitrogens is 1. The van der Waals surface area contributed by atoms with Gasteiger partial charge in [-0.25, -0.2) is 4.39 Å². The van der Waals surface area contributed by atoms with Crippen LogP contribution in [0.2, 0.25) is 0 Å². The molecule has 2 N–H and O–H groups in total. The lowest BCUT2D eigenvalue weighted by Crippen LogP contribution is -2.44. The van der Waals surface area contributed by atoms with E-state index in [1.54, 1.807) is 6.07 Å². The molecule has 0 spiro atoms. The van der Waals surface area contributed by atoms with Gasteiger partial charge in [0.25, 0.3) is 0 Å². The summed E-state index contributed by atoms with van der Waals surface area (Å²) in [5, 5.41) is 4.37. The molecule has 1 fully saturated rings. The Morgan fingerprint density at radius 1 is 1.22 bits per heavy atom. The Morgan fingerprint density at radius 3 is 2.89 bits per heavy atom. The van der Waals surface area contributed by atoms with Crippen LogP contribution in [-0.4, -0.2) is 42.6 Å². The molecule has 0 unspecified atom stereocenters. The quantitative estimate of drug-likeness (QED) is 0.866. The van der Waals surface area contributed by atoms with Gasteiger partial charge in [-0.05, 0) is 18.1 Å². The first kappa shape index (κ1) is 11.7. The molecule has 1 aromatic heterocycles. The predicted octanol–water partition coefficient (Wildman–Crippen LogP) is 1.75. The first-order valence-electron chi connectivity index (χ1n) is 6.52. The van der Waals surface area contributed by atoms with E-state index >= 15 is 0 Å². The maximum atomic E-state index is 13.5. The van der Waals surface area contributed by atoms with Crippen LogP contribution < -0.4 is 5.32 Å². The van der Waals surface area contributed by atoms with Crippen molar-refractivity contribution < 1.29 is 4.39 Å². The number of aromatic amines is 1. The number of hydrogen-bond donors (Lipinski definition) is 2. The standard InChI is InChI=1S/C14H18FN3/c15-13-3-1-2-12-11(10-17-14(12)13)4-7-18-8-5-16-6-9-18/h1-3,10,16-17H,4-9H2. The summed E-state index contributed by atoms with van der Waals surface area (Å²) in [6, 6.07) is 5.26. The Hall–Kier alpha value is -1.39.